The molecule has 0 heterocycles. The Labute approximate surface area is 106 Å². The normalized spacial score (nSPS) is 12.0. The van der Waals surface area contributed by atoms with Crippen molar-refractivity contribution >= 4 is 33.8 Å². The lowest BCUT2D eigenvalue weighted by atomic mass is 10.4. The maximum absolute atomic E-state index is 5.65. The standard InChI is InChI=1S/C10H24O2S2Si/c1-11-15(12-2,9-5-3-7-13)10-6-4-8-14/h13-14H,3-10H2,1-2H3. The van der Waals surface area contributed by atoms with Crippen molar-refractivity contribution in [1.29, 1.82) is 0 Å². The third-order valence-electron chi connectivity index (χ3n) is 2.68. The van der Waals surface area contributed by atoms with Gasteiger partial charge in [-0.2, -0.15) is 25.3 Å². The molecule has 0 aliphatic carbocycles. The molecule has 0 atom stereocenters. The maximum atomic E-state index is 5.65. The van der Waals surface area contributed by atoms with Crippen molar-refractivity contribution in [2.45, 2.75) is 37.8 Å². The molecule has 0 aliphatic heterocycles. The van der Waals surface area contributed by atoms with Gasteiger partial charge in [0.15, 0.2) is 0 Å². The Bertz CT molecular complexity index is 131. The van der Waals surface area contributed by atoms with Crippen LogP contribution >= 0.6 is 25.3 Å². The van der Waals surface area contributed by atoms with Gasteiger partial charge in [0.25, 0.3) is 0 Å². The van der Waals surface area contributed by atoms with Gasteiger partial charge in [-0.05, 0) is 36.4 Å². The molecule has 0 radical (unpaired) electrons. The van der Waals surface area contributed by atoms with Crippen LogP contribution in [0.5, 0.6) is 0 Å². The SMILES string of the molecule is CO[Si](CCCCS)(CCCCS)OC. The van der Waals surface area contributed by atoms with Crippen LogP contribution in [-0.4, -0.2) is 34.3 Å². The zero-order valence-corrected chi connectivity index (χ0v) is 12.7. The summed E-state index contributed by atoms with van der Waals surface area (Å²) >= 11 is 8.44. The Morgan fingerprint density at radius 1 is 0.800 bits per heavy atom. The van der Waals surface area contributed by atoms with Crippen molar-refractivity contribution in [3.8, 4) is 0 Å². The molecule has 0 saturated carbocycles. The quantitative estimate of drug-likeness (QED) is 0.360. The summed E-state index contributed by atoms with van der Waals surface area (Å²) in [5.41, 5.74) is 0. The van der Waals surface area contributed by atoms with Gasteiger partial charge in [0.1, 0.15) is 0 Å². The number of hydrogen-bond donors (Lipinski definition) is 2. The highest BCUT2D eigenvalue weighted by Gasteiger charge is 2.33. The Balaban J connectivity index is 3.93. The van der Waals surface area contributed by atoms with E-state index in [1.54, 1.807) is 14.2 Å². The van der Waals surface area contributed by atoms with Crippen molar-refractivity contribution < 1.29 is 8.85 Å². The molecule has 0 unspecified atom stereocenters. The van der Waals surface area contributed by atoms with Gasteiger partial charge in [0.05, 0.1) is 0 Å². The van der Waals surface area contributed by atoms with E-state index in [-0.39, 0.29) is 0 Å². The van der Waals surface area contributed by atoms with Gasteiger partial charge in [0.2, 0.25) is 0 Å². The Morgan fingerprint density at radius 3 is 1.47 bits per heavy atom. The summed E-state index contributed by atoms with van der Waals surface area (Å²) in [7, 11) is 1.69. The van der Waals surface area contributed by atoms with E-state index >= 15 is 0 Å². The van der Waals surface area contributed by atoms with Gasteiger partial charge in [-0.25, -0.2) is 0 Å². The monoisotopic (exact) mass is 268 g/mol. The van der Waals surface area contributed by atoms with E-state index in [1.165, 1.54) is 0 Å². The van der Waals surface area contributed by atoms with Gasteiger partial charge in [0, 0.05) is 14.2 Å². The molecule has 0 bridgehead atoms. The summed E-state index contributed by atoms with van der Waals surface area (Å²) in [6.07, 6.45) is 4.63. The van der Waals surface area contributed by atoms with Crippen LogP contribution in [0.4, 0.5) is 0 Å². The molecule has 0 N–H and O–H groups in total. The molecule has 15 heavy (non-hydrogen) atoms. The second kappa shape index (κ2) is 10.0. The minimum atomic E-state index is -1.89. The first-order chi connectivity index (χ1) is 7.24. The minimum absolute atomic E-state index is 0.953. The maximum Gasteiger partial charge on any atom is 0.337 e. The molecule has 92 valence electrons. The van der Waals surface area contributed by atoms with Gasteiger partial charge >= 0.3 is 8.56 Å². The Hall–Kier alpha value is 0.837. The fourth-order valence-corrected chi connectivity index (χ4v) is 4.89. The largest absolute Gasteiger partial charge is 0.398 e. The van der Waals surface area contributed by atoms with E-state index < -0.39 is 8.56 Å². The number of hydrogen-bond acceptors (Lipinski definition) is 4. The van der Waals surface area contributed by atoms with Crippen molar-refractivity contribution in [3.63, 3.8) is 0 Å². The summed E-state index contributed by atoms with van der Waals surface area (Å²) in [5.74, 6) is 1.91. The van der Waals surface area contributed by atoms with Crippen LogP contribution in [0.3, 0.4) is 0 Å². The van der Waals surface area contributed by atoms with Gasteiger partial charge in [-0.3, -0.25) is 0 Å². The van der Waals surface area contributed by atoms with Crippen LogP contribution < -0.4 is 0 Å². The highest BCUT2D eigenvalue weighted by Crippen LogP contribution is 2.23. The highest BCUT2D eigenvalue weighted by molar-refractivity contribution is 7.80. The third kappa shape index (κ3) is 6.89. The van der Waals surface area contributed by atoms with Crippen molar-refractivity contribution in [1.82, 2.24) is 0 Å². The van der Waals surface area contributed by atoms with Crippen LogP contribution in [0.1, 0.15) is 25.7 Å². The second-order valence-electron chi connectivity index (χ2n) is 3.68. The van der Waals surface area contributed by atoms with Gasteiger partial charge < -0.3 is 8.85 Å². The molecule has 0 spiro atoms. The first kappa shape index (κ1) is 15.8. The molecule has 0 aromatic heterocycles. The molecule has 0 amide bonds. The first-order valence-electron chi connectivity index (χ1n) is 5.56. The zero-order chi connectivity index (χ0) is 11.6. The molecule has 0 saturated heterocycles. The Kier molecular flexibility index (Phi) is 10.6. The zero-order valence-electron chi connectivity index (χ0n) is 9.87. The van der Waals surface area contributed by atoms with E-state index in [2.05, 4.69) is 25.3 Å². The lowest BCUT2D eigenvalue weighted by Crippen LogP contribution is -2.39. The summed E-state index contributed by atoms with van der Waals surface area (Å²) < 4.78 is 11.3. The van der Waals surface area contributed by atoms with Crippen molar-refractivity contribution in [2.24, 2.45) is 0 Å². The smallest absolute Gasteiger partial charge is 0.337 e. The minimum Gasteiger partial charge on any atom is -0.398 e. The summed E-state index contributed by atoms with van der Waals surface area (Å²) in [6.45, 7) is 0. The predicted molar refractivity (Wildman–Crippen MR) is 75.6 cm³/mol. The fourth-order valence-electron chi connectivity index (χ4n) is 1.63. The van der Waals surface area contributed by atoms with E-state index in [9.17, 15) is 0 Å². The average Bonchev–Trinajstić information content (AvgIpc) is 2.28. The number of thiol groups is 2. The Morgan fingerprint density at radius 2 is 1.20 bits per heavy atom. The molecule has 0 fully saturated rings. The molecule has 0 aliphatic rings. The van der Waals surface area contributed by atoms with Crippen LogP contribution in [0.2, 0.25) is 12.1 Å². The topological polar surface area (TPSA) is 18.5 Å². The van der Waals surface area contributed by atoms with Crippen LogP contribution in [0.15, 0.2) is 0 Å². The summed E-state index contributed by atoms with van der Waals surface area (Å²) in [6, 6.07) is 2.18. The first-order valence-corrected chi connectivity index (χ1v) is 9.06. The van der Waals surface area contributed by atoms with Crippen LogP contribution in [-0.2, 0) is 8.85 Å². The van der Waals surface area contributed by atoms with E-state index in [1.807, 2.05) is 0 Å². The highest BCUT2D eigenvalue weighted by atomic mass is 32.1. The molecule has 5 heteroatoms. The lowest BCUT2D eigenvalue weighted by molar-refractivity contribution is 0.239. The van der Waals surface area contributed by atoms with Gasteiger partial charge in [-0.1, -0.05) is 12.8 Å². The average molecular weight is 269 g/mol. The lowest BCUT2D eigenvalue weighted by Gasteiger charge is -2.27. The molecule has 0 aromatic rings. The molecular weight excluding hydrogens is 244 g/mol. The van der Waals surface area contributed by atoms with E-state index in [0.29, 0.717) is 0 Å². The van der Waals surface area contributed by atoms with Gasteiger partial charge in [-0.15, -0.1) is 0 Å². The van der Waals surface area contributed by atoms with E-state index in [0.717, 1.165) is 49.3 Å². The number of unbranched alkanes of at least 4 members (excludes halogenated alkanes) is 2. The second-order valence-corrected chi connectivity index (χ2v) is 8.21. The predicted octanol–water partition coefficient (Wildman–Crippen LogP) is 3.14. The van der Waals surface area contributed by atoms with Crippen LogP contribution in [0.25, 0.3) is 0 Å². The fraction of sp³-hybridized carbons (Fsp3) is 1.00. The molecule has 0 aromatic carbocycles. The van der Waals surface area contributed by atoms with E-state index in [4.69, 9.17) is 8.85 Å². The summed E-state index contributed by atoms with van der Waals surface area (Å²) in [4.78, 5) is 0. The molecule has 2 nitrogen and oxygen atoms in total. The summed E-state index contributed by atoms with van der Waals surface area (Å²) in [5, 5.41) is 0. The molecular formula is C10H24O2S2Si. The number of rotatable bonds is 10. The molecule has 0 rings (SSSR count). The van der Waals surface area contributed by atoms with Crippen molar-refractivity contribution in [2.75, 3.05) is 25.7 Å². The third-order valence-corrected chi connectivity index (χ3v) is 7.03. The van der Waals surface area contributed by atoms with Crippen molar-refractivity contribution in [3.05, 3.63) is 0 Å². The van der Waals surface area contributed by atoms with Crippen LogP contribution in [0, 0.1) is 0 Å².